The summed E-state index contributed by atoms with van der Waals surface area (Å²) in [6.45, 7) is 2.68. The number of rotatable bonds is 6. The van der Waals surface area contributed by atoms with E-state index in [1.54, 1.807) is 4.57 Å². The van der Waals surface area contributed by atoms with Gasteiger partial charge in [0.25, 0.3) is 0 Å². The van der Waals surface area contributed by atoms with Gasteiger partial charge >= 0.3 is 0 Å². The molecule has 0 aliphatic carbocycles. The summed E-state index contributed by atoms with van der Waals surface area (Å²) in [6, 6.07) is 2.09. The Bertz CT molecular complexity index is 737. The molecule has 1 heterocycles. The van der Waals surface area contributed by atoms with Crippen molar-refractivity contribution in [3.8, 4) is 0 Å². The molecule has 0 saturated carbocycles. The maximum absolute atomic E-state index is 14.1. The Labute approximate surface area is 131 Å². The quantitative estimate of drug-likeness (QED) is 0.817. The second kappa shape index (κ2) is 7.60. The minimum atomic E-state index is -0.662. The number of methoxy groups -OCH3 is 1. The molecule has 1 amide bonds. The Morgan fingerprint density at radius 1 is 1.41 bits per heavy atom. The summed E-state index contributed by atoms with van der Waals surface area (Å²) >= 11 is 1.10. The van der Waals surface area contributed by atoms with Gasteiger partial charge in [-0.25, -0.2) is 8.78 Å². The van der Waals surface area contributed by atoms with E-state index in [9.17, 15) is 13.6 Å². The zero-order valence-corrected chi connectivity index (χ0v) is 13.4. The maximum Gasteiger partial charge on any atom is 0.248 e. The number of ether oxygens (including phenoxy) is 1. The molecule has 1 aromatic carbocycles. The van der Waals surface area contributed by atoms with Crippen molar-refractivity contribution in [2.75, 3.05) is 13.7 Å². The third kappa shape index (κ3) is 3.78. The monoisotopic (exact) mass is 328 g/mol. The summed E-state index contributed by atoms with van der Waals surface area (Å²) in [5.41, 5.74) is 0.255. The number of hydrogen-bond acceptors (Lipinski definition) is 3. The molecule has 120 valence electrons. The van der Waals surface area contributed by atoms with Gasteiger partial charge in [-0.3, -0.25) is 4.79 Å². The number of hydrogen-bond donors (Lipinski definition) is 0. The summed E-state index contributed by atoms with van der Waals surface area (Å²) < 4.78 is 34.4. The van der Waals surface area contributed by atoms with E-state index in [4.69, 9.17) is 4.74 Å². The normalized spacial score (nSPS) is 12.3. The predicted molar refractivity (Wildman–Crippen MR) is 81.7 cm³/mol. The van der Waals surface area contributed by atoms with Gasteiger partial charge in [-0.1, -0.05) is 24.7 Å². The predicted octanol–water partition coefficient (Wildman–Crippen LogP) is 3.24. The van der Waals surface area contributed by atoms with E-state index in [0.717, 1.165) is 30.2 Å². The van der Waals surface area contributed by atoms with E-state index >= 15 is 0 Å². The highest BCUT2D eigenvalue weighted by atomic mass is 32.1. The number of benzene rings is 1. The van der Waals surface area contributed by atoms with E-state index < -0.39 is 11.6 Å². The van der Waals surface area contributed by atoms with Crippen LogP contribution in [0, 0.1) is 11.6 Å². The Hall–Kier alpha value is -1.60. The van der Waals surface area contributed by atoms with E-state index in [1.807, 2.05) is 6.92 Å². The Morgan fingerprint density at radius 3 is 2.86 bits per heavy atom. The van der Waals surface area contributed by atoms with Crippen LogP contribution in [0.5, 0.6) is 0 Å². The van der Waals surface area contributed by atoms with Crippen molar-refractivity contribution in [2.45, 2.75) is 32.7 Å². The van der Waals surface area contributed by atoms with Crippen molar-refractivity contribution >= 4 is 27.5 Å². The van der Waals surface area contributed by atoms with E-state index in [1.165, 1.54) is 13.2 Å². The third-order valence-electron chi connectivity index (χ3n) is 3.18. The molecule has 0 fully saturated rings. The number of fused-ring (bicyclic) bond motifs is 1. The molecular weight excluding hydrogens is 310 g/mol. The number of halogens is 2. The molecule has 0 radical (unpaired) electrons. The van der Waals surface area contributed by atoms with Crippen LogP contribution < -0.4 is 4.80 Å². The van der Waals surface area contributed by atoms with E-state index in [2.05, 4.69) is 4.99 Å². The molecule has 0 unspecified atom stereocenters. The van der Waals surface area contributed by atoms with Crippen LogP contribution in [0.3, 0.4) is 0 Å². The smallest absolute Gasteiger partial charge is 0.248 e. The molecule has 1 aromatic heterocycles. The second-order valence-electron chi connectivity index (χ2n) is 4.87. The summed E-state index contributed by atoms with van der Waals surface area (Å²) in [7, 11) is 1.54. The Balaban J connectivity index is 2.54. The average Bonchev–Trinajstić information content (AvgIpc) is 2.80. The highest BCUT2D eigenvalue weighted by Gasteiger charge is 2.13. The van der Waals surface area contributed by atoms with E-state index in [0.29, 0.717) is 29.1 Å². The molecule has 0 aliphatic rings. The van der Waals surface area contributed by atoms with Crippen LogP contribution in [0.15, 0.2) is 17.1 Å². The number of carbonyl (C=O) groups is 1. The second-order valence-corrected chi connectivity index (χ2v) is 5.88. The fraction of sp³-hybridized carbons (Fsp3) is 0.467. The maximum atomic E-state index is 14.1. The lowest BCUT2D eigenvalue weighted by Gasteiger charge is -2.05. The number of carbonyl (C=O) groups excluding carboxylic acids is 1. The minimum Gasteiger partial charge on any atom is -0.383 e. The Kier molecular flexibility index (Phi) is 5.79. The lowest BCUT2D eigenvalue weighted by atomic mass is 10.2. The minimum absolute atomic E-state index is 0.250. The number of nitrogens with zero attached hydrogens (tertiary/aromatic N) is 2. The zero-order valence-electron chi connectivity index (χ0n) is 12.6. The number of aromatic nitrogens is 1. The Morgan fingerprint density at radius 2 is 2.18 bits per heavy atom. The van der Waals surface area contributed by atoms with Crippen LogP contribution in [0.1, 0.15) is 26.2 Å². The standard InChI is InChI=1S/C15H18F2N2O2S/c1-3-4-5-13(20)18-15-19(6-7-21-2)14-11(17)8-10(16)9-12(14)22-15/h8-9H,3-7H2,1-2H3. The molecule has 7 heteroatoms. The van der Waals surface area contributed by atoms with Crippen LogP contribution in [-0.2, 0) is 16.1 Å². The molecule has 0 aliphatic heterocycles. The van der Waals surface area contributed by atoms with Gasteiger partial charge in [-0.15, -0.1) is 0 Å². The van der Waals surface area contributed by atoms with Crippen molar-refractivity contribution < 1.29 is 18.3 Å². The first-order valence-corrected chi connectivity index (χ1v) is 7.93. The number of thiazole rings is 1. The molecule has 4 nitrogen and oxygen atoms in total. The van der Waals surface area contributed by atoms with Gasteiger partial charge in [0.15, 0.2) is 10.6 Å². The van der Waals surface area contributed by atoms with Crippen molar-refractivity contribution in [1.82, 2.24) is 4.57 Å². The van der Waals surface area contributed by atoms with Gasteiger partial charge < -0.3 is 9.30 Å². The van der Waals surface area contributed by atoms with Crippen molar-refractivity contribution in [3.63, 3.8) is 0 Å². The number of amides is 1. The number of unbranched alkanes of at least 4 members (excludes halogenated alkanes) is 1. The molecular formula is C15H18F2N2O2S. The van der Waals surface area contributed by atoms with Crippen LogP contribution in [-0.4, -0.2) is 24.2 Å². The lowest BCUT2D eigenvalue weighted by Crippen LogP contribution is -2.19. The van der Waals surface area contributed by atoms with Gasteiger partial charge in [-0.2, -0.15) is 4.99 Å². The van der Waals surface area contributed by atoms with Crippen molar-refractivity contribution in [2.24, 2.45) is 4.99 Å². The van der Waals surface area contributed by atoms with Gasteiger partial charge in [0, 0.05) is 26.1 Å². The largest absolute Gasteiger partial charge is 0.383 e. The van der Waals surface area contributed by atoms with Crippen LogP contribution in [0.2, 0.25) is 0 Å². The SMILES string of the molecule is CCCCC(=O)N=c1sc2cc(F)cc(F)c2n1CCOC. The summed E-state index contributed by atoms with van der Waals surface area (Å²) in [4.78, 5) is 16.3. The summed E-state index contributed by atoms with van der Waals surface area (Å²) in [5, 5.41) is 0. The van der Waals surface area contributed by atoms with E-state index in [-0.39, 0.29) is 11.4 Å². The molecule has 0 saturated heterocycles. The molecule has 0 atom stereocenters. The van der Waals surface area contributed by atoms with Gasteiger partial charge in [0.05, 0.1) is 16.8 Å². The molecule has 2 aromatic rings. The zero-order chi connectivity index (χ0) is 16.1. The molecule has 0 N–H and O–H groups in total. The molecule has 0 spiro atoms. The van der Waals surface area contributed by atoms with Crippen LogP contribution in [0.4, 0.5) is 8.78 Å². The highest BCUT2D eigenvalue weighted by Crippen LogP contribution is 2.22. The summed E-state index contributed by atoms with van der Waals surface area (Å²) in [6.07, 6.45) is 2.01. The first-order valence-electron chi connectivity index (χ1n) is 7.11. The fourth-order valence-corrected chi connectivity index (χ4v) is 3.21. The van der Waals surface area contributed by atoms with Crippen LogP contribution >= 0.6 is 11.3 Å². The molecule has 22 heavy (non-hydrogen) atoms. The van der Waals surface area contributed by atoms with Crippen LogP contribution in [0.25, 0.3) is 10.2 Å². The van der Waals surface area contributed by atoms with Gasteiger partial charge in [-0.05, 0) is 12.5 Å². The summed E-state index contributed by atoms with van der Waals surface area (Å²) in [5.74, 6) is -1.56. The third-order valence-corrected chi connectivity index (χ3v) is 4.20. The molecule has 2 rings (SSSR count). The average molecular weight is 328 g/mol. The van der Waals surface area contributed by atoms with Gasteiger partial charge in [0.1, 0.15) is 5.82 Å². The molecule has 0 bridgehead atoms. The lowest BCUT2D eigenvalue weighted by molar-refractivity contribution is -0.118. The van der Waals surface area contributed by atoms with Crippen molar-refractivity contribution in [1.29, 1.82) is 0 Å². The topological polar surface area (TPSA) is 43.6 Å². The highest BCUT2D eigenvalue weighted by molar-refractivity contribution is 7.16. The van der Waals surface area contributed by atoms with Crippen molar-refractivity contribution in [3.05, 3.63) is 28.6 Å². The first kappa shape index (κ1) is 16.8. The first-order chi connectivity index (χ1) is 10.6. The fourth-order valence-electron chi connectivity index (χ4n) is 2.09. The van der Waals surface area contributed by atoms with Gasteiger partial charge in [0.2, 0.25) is 5.91 Å².